The van der Waals surface area contributed by atoms with Gasteiger partial charge in [-0.1, -0.05) is 108 Å². The Kier molecular flexibility index (Phi) is 14.4. The highest BCUT2D eigenvalue weighted by Crippen LogP contribution is 2.36. The number of hydrogen-bond donors (Lipinski definition) is 2. The van der Waals surface area contributed by atoms with Gasteiger partial charge in [0.2, 0.25) is 0 Å². The first-order chi connectivity index (χ1) is 21.0. The van der Waals surface area contributed by atoms with Crippen LogP contribution in [-0.2, 0) is 12.8 Å². The molecule has 44 heavy (non-hydrogen) atoms. The number of ether oxygens (including phenoxy) is 1. The third kappa shape index (κ3) is 11.7. The Hall–Kier alpha value is -3.20. The Balaban J connectivity index is 1.80. The number of aryl methyl sites for hydroxylation is 1. The van der Waals surface area contributed by atoms with E-state index >= 15 is 0 Å². The molecule has 1 heterocycles. The van der Waals surface area contributed by atoms with Crippen LogP contribution in [0.25, 0.3) is 0 Å². The molecule has 2 aromatic carbocycles. The summed E-state index contributed by atoms with van der Waals surface area (Å²) in [4.78, 5) is 0. The lowest BCUT2D eigenvalue weighted by molar-refractivity contribution is 0.294. The largest absolute Gasteiger partial charge is 0.497 e. The summed E-state index contributed by atoms with van der Waals surface area (Å²) in [7, 11) is 1.71. The number of hydrogen-bond acceptors (Lipinski definition) is 3. The number of allylic oxidation sites excluding steroid dienone is 2. The molecule has 1 aliphatic rings. The molecule has 0 aliphatic carbocycles. The van der Waals surface area contributed by atoms with Gasteiger partial charge in [0.15, 0.2) is 0 Å². The lowest BCUT2D eigenvalue weighted by Crippen LogP contribution is -2.38. The average molecular weight is 597 g/mol. The highest BCUT2D eigenvalue weighted by molar-refractivity contribution is 5.29. The number of nitrogens with one attached hydrogen (secondary N) is 2. The second kappa shape index (κ2) is 17.9. The molecule has 3 rings (SSSR count). The van der Waals surface area contributed by atoms with Crippen LogP contribution in [0.15, 0.2) is 103 Å². The van der Waals surface area contributed by atoms with Gasteiger partial charge in [0, 0.05) is 17.9 Å². The Morgan fingerprint density at radius 1 is 0.886 bits per heavy atom. The molecule has 240 valence electrons. The standard InChI is InChI=1S/C41H60N2O/c1-29(2)24-39-25-31(4)33(6)28-42-35(8)41(27-37-20-22-40(44-9)23-21-37)43-34(7)14-13-17-38(26-32(39)5)30(3)18-19-36-15-11-10-12-16-36/h10-12,15-16,20-23,29-30,33,38-39,41-43H,4-5,7-8,13-14,17-19,24-28H2,1-3,6,9H3/t30?,33?,38-,39?,41-/m1/s1. The van der Waals surface area contributed by atoms with Crippen molar-refractivity contribution in [3.63, 3.8) is 0 Å². The lowest BCUT2D eigenvalue weighted by atomic mass is 9.75. The van der Waals surface area contributed by atoms with Gasteiger partial charge in [0.05, 0.1) is 13.2 Å². The van der Waals surface area contributed by atoms with Gasteiger partial charge in [-0.05, 0) is 111 Å². The lowest BCUT2D eigenvalue weighted by Gasteiger charge is -2.31. The van der Waals surface area contributed by atoms with E-state index in [0.717, 1.165) is 62.2 Å². The van der Waals surface area contributed by atoms with Crippen LogP contribution in [-0.4, -0.2) is 19.7 Å². The molecule has 3 nitrogen and oxygen atoms in total. The van der Waals surface area contributed by atoms with Gasteiger partial charge in [-0.15, -0.1) is 0 Å². The predicted octanol–water partition coefficient (Wildman–Crippen LogP) is 10.1. The summed E-state index contributed by atoms with van der Waals surface area (Å²) in [5, 5.41) is 7.42. The van der Waals surface area contributed by atoms with E-state index < -0.39 is 0 Å². The Morgan fingerprint density at radius 2 is 1.59 bits per heavy atom. The molecule has 5 atom stereocenters. The van der Waals surface area contributed by atoms with E-state index in [1.807, 2.05) is 12.1 Å². The van der Waals surface area contributed by atoms with Crippen LogP contribution in [0, 0.1) is 29.6 Å². The summed E-state index contributed by atoms with van der Waals surface area (Å²) in [5.41, 5.74) is 7.50. The summed E-state index contributed by atoms with van der Waals surface area (Å²) in [5.74, 6) is 3.56. The van der Waals surface area contributed by atoms with Crippen LogP contribution in [0.2, 0.25) is 0 Å². The van der Waals surface area contributed by atoms with Crippen LogP contribution in [0.4, 0.5) is 0 Å². The maximum Gasteiger partial charge on any atom is 0.118 e. The fraction of sp³-hybridized carbons (Fsp3) is 0.512. The van der Waals surface area contributed by atoms with Crippen molar-refractivity contribution in [1.82, 2.24) is 10.6 Å². The minimum atomic E-state index is 0.0540. The molecule has 0 amide bonds. The first kappa shape index (κ1) is 35.3. The van der Waals surface area contributed by atoms with E-state index in [4.69, 9.17) is 11.3 Å². The summed E-state index contributed by atoms with van der Waals surface area (Å²) in [6, 6.07) is 19.3. The number of benzene rings is 2. The van der Waals surface area contributed by atoms with Gasteiger partial charge >= 0.3 is 0 Å². The van der Waals surface area contributed by atoms with E-state index in [2.05, 4.69) is 101 Å². The second-order valence-corrected chi connectivity index (χ2v) is 13.9. The molecule has 1 aliphatic heterocycles. The molecule has 1 saturated heterocycles. The van der Waals surface area contributed by atoms with Gasteiger partial charge in [-0.2, -0.15) is 0 Å². The number of rotatable bonds is 9. The first-order valence-corrected chi connectivity index (χ1v) is 16.9. The fourth-order valence-corrected chi connectivity index (χ4v) is 6.55. The van der Waals surface area contributed by atoms with Crippen LogP contribution in [0.3, 0.4) is 0 Å². The molecule has 0 saturated carbocycles. The van der Waals surface area contributed by atoms with Crippen LogP contribution in [0.1, 0.15) is 83.8 Å². The average Bonchev–Trinajstić information content (AvgIpc) is 3.01. The van der Waals surface area contributed by atoms with E-state index in [0.29, 0.717) is 29.6 Å². The van der Waals surface area contributed by atoms with Gasteiger partial charge in [-0.3, -0.25) is 0 Å². The van der Waals surface area contributed by atoms with Gasteiger partial charge in [0.25, 0.3) is 0 Å². The van der Waals surface area contributed by atoms with Crippen LogP contribution < -0.4 is 15.4 Å². The maximum absolute atomic E-state index is 5.38. The highest BCUT2D eigenvalue weighted by Gasteiger charge is 2.25. The molecule has 0 aromatic heterocycles. The molecular formula is C41H60N2O. The summed E-state index contributed by atoms with van der Waals surface area (Å²) < 4.78 is 5.38. The van der Waals surface area contributed by atoms with E-state index in [-0.39, 0.29) is 6.04 Å². The van der Waals surface area contributed by atoms with E-state index in [9.17, 15) is 0 Å². The molecule has 3 unspecified atom stereocenters. The fourth-order valence-electron chi connectivity index (χ4n) is 6.55. The molecule has 2 N–H and O–H groups in total. The van der Waals surface area contributed by atoms with E-state index in [1.165, 1.54) is 41.5 Å². The van der Waals surface area contributed by atoms with Gasteiger partial charge in [0.1, 0.15) is 5.75 Å². The Morgan fingerprint density at radius 3 is 2.25 bits per heavy atom. The Labute approximate surface area is 270 Å². The third-order valence-corrected chi connectivity index (χ3v) is 9.69. The molecule has 3 heteroatoms. The zero-order chi connectivity index (χ0) is 32.1. The zero-order valence-electron chi connectivity index (χ0n) is 28.5. The Bertz CT molecular complexity index is 1190. The van der Waals surface area contributed by atoms with E-state index in [1.54, 1.807) is 7.11 Å². The SMILES string of the molecule is C=C1CCC[C@@H](C(C)CCc2ccccc2)CC(=C)C(CC(C)C)CC(=C)C(C)CNC(=C)[C@@H](Cc2ccc(OC)cc2)N1. The van der Waals surface area contributed by atoms with Crippen molar-refractivity contribution in [2.24, 2.45) is 29.6 Å². The predicted molar refractivity (Wildman–Crippen MR) is 191 cm³/mol. The highest BCUT2D eigenvalue weighted by atomic mass is 16.5. The second-order valence-electron chi connectivity index (χ2n) is 13.9. The van der Waals surface area contributed by atoms with Crippen molar-refractivity contribution in [2.45, 2.75) is 91.5 Å². The minimum Gasteiger partial charge on any atom is -0.497 e. The summed E-state index contributed by atoms with van der Waals surface area (Å²) in [6.45, 7) is 28.6. The topological polar surface area (TPSA) is 33.3 Å². The minimum absolute atomic E-state index is 0.0540. The molecule has 0 radical (unpaired) electrons. The van der Waals surface area contributed by atoms with Crippen molar-refractivity contribution >= 4 is 0 Å². The molecular weight excluding hydrogens is 536 g/mol. The third-order valence-electron chi connectivity index (χ3n) is 9.69. The summed E-state index contributed by atoms with van der Waals surface area (Å²) in [6.07, 6.45) is 9.71. The zero-order valence-corrected chi connectivity index (χ0v) is 28.5. The van der Waals surface area contributed by atoms with Crippen molar-refractivity contribution < 1.29 is 4.74 Å². The van der Waals surface area contributed by atoms with Crippen LogP contribution in [0.5, 0.6) is 5.75 Å². The number of methoxy groups -OCH3 is 1. The van der Waals surface area contributed by atoms with Crippen molar-refractivity contribution in [2.75, 3.05) is 13.7 Å². The molecule has 0 bridgehead atoms. The van der Waals surface area contributed by atoms with Crippen molar-refractivity contribution in [3.8, 4) is 5.75 Å². The molecule has 2 aromatic rings. The first-order valence-electron chi connectivity index (χ1n) is 16.9. The normalized spacial score (nSPS) is 23.6. The quantitative estimate of drug-likeness (QED) is 0.283. The smallest absolute Gasteiger partial charge is 0.118 e. The maximum atomic E-state index is 5.38. The summed E-state index contributed by atoms with van der Waals surface area (Å²) >= 11 is 0. The molecule has 1 fully saturated rings. The van der Waals surface area contributed by atoms with Gasteiger partial charge in [-0.25, -0.2) is 0 Å². The van der Waals surface area contributed by atoms with Crippen molar-refractivity contribution in [3.05, 3.63) is 115 Å². The van der Waals surface area contributed by atoms with Crippen molar-refractivity contribution in [1.29, 1.82) is 0 Å². The van der Waals surface area contributed by atoms with Crippen LogP contribution >= 0.6 is 0 Å². The monoisotopic (exact) mass is 596 g/mol. The van der Waals surface area contributed by atoms with Gasteiger partial charge < -0.3 is 15.4 Å². The molecule has 0 spiro atoms.